The summed E-state index contributed by atoms with van der Waals surface area (Å²) < 4.78 is 12.9. The predicted octanol–water partition coefficient (Wildman–Crippen LogP) is 3.11. The molecular formula is C24H34N8O3S. The minimum atomic E-state index is -0.248. The highest BCUT2D eigenvalue weighted by Crippen LogP contribution is 2.33. The van der Waals surface area contributed by atoms with Crippen molar-refractivity contribution < 1.29 is 14.3 Å². The molecule has 2 N–H and O–H groups in total. The predicted molar refractivity (Wildman–Crippen MR) is 143 cm³/mol. The number of ether oxygens (including phenoxy) is 2. The van der Waals surface area contributed by atoms with Gasteiger partial charge in [0, 0.05) is 31.5 Å². The molecule has 1 aliphatic rings. The molecule has 0 saturated heterocycles. The lowest BCUT2D eigenvalue weighted by Gasteiger charge is -2.34. The molecule has 3 aromatic heterocycles. The Balaban J connectivity index is 0.00000361. The highest BCUT2D eigenvalue weighted by atomic mass is 32.1. The molecule has 1 atom stereocenters. The van der Waals surface area contributed by atoms with Crippen molar-refractivity contribution in [2.24, 2.45) is 0 Å². The van der Waals surface area contributed by atoms with E-state index >= 15 is 0 Å². The zero-order valence-corrected chi connectivity index (χ0v) is 22.5. The second-order valence-corrected chi connectivity index (χ2v) is 8.77. The molecule has 3 aromatic rings. The van der Waals surface area contributed by atoms with Gasteiger partial charge in [0.25, 0.3) is 5.88 Å². The Morgan fingerprint density at radius 1 is 1.22 bits per heavy atom. The van der Waals surface area contributed by atoms with Gasteiger partial charge in [-0.2, -0.15) is 23.6 Å². The molecule has 4 rings (SSSR count). The third kappa shape index (κ3) is 5.81. The Hall–Kier alpha value is -3.54. The monoisotopic (exact) mass is 514 g/mol. The lowest BCUT2D eigenvalue weighted by Crippen LogP contribution is -2.46. The number of methoxy groups -OCH3 is 1. The van der Waals surface area contributed by atoms with Crippen molar-refractivity contribution in [1.29, 1.82) is 0 Å². The number of carbonyl (C=O) groups excluding carboxylic acids is 1. The fourth-order valence-corrected chi connectivity index (χ4v) is 4.00. The van der Waals surface area contributed by atoms with E-state index in [1.165, 1.54) is 0 Å². The molecule has 36 heavy (non-hydrogen) atoms. The number of rotatable bonds is 9. The van der Waals surface area contributed by atoms with Gasteiger partial charge in [-0.25, -0.2) is 9.97 Å². The number of aromatic nitrogens is 5. The van der Waals surface area contributed by atoms with Crippen molar-refractivity contribution in [3.63, 3.8) is 0 Å². The number of likely N-dealkylation sites (N-methyl/N-ethyl adjacent to an activating group) is 1. The number of hydrogen-bond acceptors (Lipinski definition) is 9. The van der Waals surface area contributed by atoms with Crippen LogP contribution in [0.15, 0.2) is 24.7 Å². The minimum Gasteiger partial charge on any atom is -0.491 e. The average molecular weight is 515 g/mol. The van der Waals surface area contributed by atoms with Crippen LogP contribution in [0.3, 0.4) is 0 Å². The van der Waals surface area contributed by atoms with Gasteiger partial charge in [-0.1, -0.05) is 6.92 Å². The number of hydrogen-bond donors (Lipinski definition) is 2. The molecule has 1 aliphatic heterocycles. The zero-order chi connectivity index (χ0) is 25.1. The first-order valence-electron chi connectivity index (χ1n) is 11.7. The number of carbonyl (C=O) groups is 1. The van der Waals surface area contributed by atoms with E-state index in [-0.39, 0.29) is 31.5 Å². The third-order valence-corrected chi connectivity index (χ3v) is 5.73. The van der Waals surface area contributed by atoms with Crippen LogP contribution in [0, 0.1) is 6.92 Å². The second kappa shape index (κ2) is 11.5. The number of amides is 1. The van der Waals surface area contributed by atoms with Gasteiger partial charge in [0.1, 0.15) is 11.7 Å². The molecule has 12 heteroatoms. The summed E-state index contributed by atoms with van der Waals surface area (Å²) in [7, 11) is 3.49. The maximum absolute atomic E-state index is 12.3. The zero-order valence-electron chi connectivity index (χ0n) is 21.5. The van der Waals surface area contributed by atoms with E-state index < -0.39 is 0 Å². The molecule has 0 aromatic carbocycles. The third-order valence-electron chi connectivity index (χ3n) is 5.73. The van der Waals surface area contributed by atoms with Crippen molar-refractivity contribution in [2.75, 3.05) is 29.7 Å². The molecule has 0 fully saturated rings. The molecule has 0 spiro atoms. The standard InChI is InChI=1S/C24H32N8O3.H2S/c1-7-18-22(33)29-20-15(4)28-24(30-21(20)31(18)5)26-10-17-11-27-32(13-17)12-16-8-19(34-6)23(25-9-16)35-14(2)3;/h8-9,11,13-14,18H,7,10,12H2,1-6H3,(H,29,33)(H,26,28,30);1H2/t18-;/m0./s1. The molecule has 0 bridgehead atoms. The molecule has 0 radical (unpaired) electrons. The Morgan fingerprint density at radius 2 is 2.00 bits per heavy atom. The molecule has 4 heterocycles. The van der Waals surface area contributed by atoms with Crippen LogP contribution < -0.4 is 25.0 Å². The van der Waals surface area contributed by atoms with Gasteiger partial charge in [0.15, 0.2) is 11.6 Å². The molecule has 1 amide bonds. The lowest BCUT2D eigenvalue weighted by atomic mass is 10.1. The maximum atomic E-state index is 12.3. The number of pyridine rings is 1. The molecule has 0 unspecified atom stereocenters. The van der Waals surface area contributed by atoms with Crippen LogP contribution in [0.25, 0.3) is 0 Å². The van der Waals surface area contributed by atoms with Crippen molar-refractivity contribution in [3.8, 4) is 11.6 Å². The van der Waals surface area contributed by atoms with Crippen LogP contribution in [0.1, 0.15) is 44.0 Å². The van der Waals surface area contributed by atoms with Gasteiger partial charge in [-0.3, -0.25) is 9.48 Å². The molecular weight excluding hydrogens is 480 g/mol. The molecule has 194 valence electrons. The summed E-state index contributed by atoms with van der Waals surface area (Å²) in [6.45, 7) is 8.79. The van der Waals surface area contributed by atoms with Crippen LogP contribution in [0.5, 0.6) is 11.6 Å². The molecule has 11 nitrogen and oxygen atoms in total. The van der Waals surface area contributed by atoms with Crippen LogP contribution in [0.2, 0.25) is 0 Å². The van der Waals surface area contributed by atoms with Crippen LogP contribution >= 0.6 is 13.5 Å². The smallest absolute Gasteiger partial charge is 0.257 e. The van der Waals surface area contributed by atoms with Crippen molar-refractivity contribution >= 4 is 36.9 Å². The Kier molecular flexibility index (Phi) is 8.62. The van der Waals surface area contributed by atoms with E-state index in [1.807, 2.05) is 56.6 Å². The quantitative estimate of drug-likeness (QED) is 0.444. The van der Waals surface area contributed by atoms with E-state index in [4.69, 9.17) is 9.47 Å². The molecule has 0 aliphatic carbocycles. The topological polar surface area (TPSA) is 119 Å². The van der Waals surface area contributed by atoms with Gasteiger partial charge < -0.3 is 25.0 Å². The second-order valence-electron chi connectivity index (χ2n) is 8.77. The number of aryl methyl sites for hydroxylation is 1. The first-order valence-corrected chi connectivity index (χ1v) is 11.7. The summed E-state index contributed by atoms with van der Waals surface area (Å²) in [5, 5.41) is 10.7. The van der Waals surface area contributed by atoms with Gasteiger partial charge in [0.2, 0.25) is 11.9 Å². The largest absolute Gasteiger partial charge is 0.491 e. The van der Waals surface area contributed by atoms with Gasteiger partial charge >= 0.3 is 0 Å². The summed E-state index contributed by atoms with van der Waals surface area (Å²) in [5.41, 5.74) is 3.31. The highest BCUT2D eigenvalue weighted by Gasteiger charge is 2.32. The first-order chi connectivity index (χ1) is 16.8. The highest BCUT2D eigenvalue weighted by molar-refractivity contribution is 7.59. The average Bonchev–Trinajstić information content (AvgIpc) is 3.26. The Morgan fingerprint density at radius 3 is 2.69 bits per heavy atom. The van der Waals surface area contributed by atoms with Crippen LogP contribution in [-0.2, 0) is 17.9 Å². The lowest BCUT2D eigenvalue weighted by molar-refractivity contribution is -0.117. The van der Waals surface area contributed by atoms with E-state index in [9.17, 15) is 4.79 Å². The van der Waals surface area contributed by atoms with Crippen LogP contribution in [0.4, 0.5) is 17.5 Å². The van der Waals surface area contributed by atoms with Crippen LogP contribution in [-0.4, -0.2) is 56.9 Å². The summed E-state index contributed by atoms with van der Waals surface area (Å²) >= 11 is 0. The minimum absolute atomic E-state index is 0. The fraction of sp³-hybridized carbons (Fsp3) is 0.458. The fourth-order valence-electron chi connectivity index (χ4n) is 4.00. The van der Waals surface area contributed by atoms with E-state index in [0.717, 1.165) is 11.1 Å². The van der Waals surface area contributed by atoms with E-state index in [0.29, 0.717) is 54.3 Å². The Bertz CT molecular complexity index is 1220. The number of fused-ring (bicyclic) bond motifs is 1. The summed E-state index contributed by atoms with van der Waals surface area (Å²) in [4.78, 5) is 27.8. The van der Waals surface area contributed by atoms with E-state index in [1.54, 1.807) is 19.5 Å². The first kappa shape index (κ1) is 27.1. The van der Waals surface area contributed by atoms with E-state index in [2.05, 4.69) is 30.7 Å². The van der Waals surface area contributed by atoms with Gasteiger partial charge in [-0.05, 0) is 38.8 Å². The van der Waals surface area contributed by atoms with Crippen molar-refractivity contribution in [2.45, 2.75) is 59.4 Å². The summed E-state index contributed by atoms with van der Waals surface area (Å²) in [6, 6.07) is 1.66. The summed E-state index contributed by atoms with van der Waals surface area (Å²) in [5.74, 6) is 2.26. The number of anilines is 3. The molecule has 0 saturated carbocycles. The van der Waals surface area contributed by atoms with Gasteiger partial charge in [-0.15, -0.1) is 0 Å². The SMILES string of the molecule is CC[C@H]1C(=O)Nc2c(C)nc(NCc3cnn(Cc4cnc(OC(C)C)c(OC)c4)c3)nc2N1C.S. The van der Waals surface area contributed by atoms with Gasteiger partial charge in [0.05, 0.1) is 31.6 Å². The normalized spacial score (nSPS) is 14.7. The number of nitrogens with zero attached hydrogens (tertiary/aromatic N) is 6. The Labute approximate surface area is 218 Å². The maximum Gasteiger partial charge on any atom is 0.257 e. The number of nitrogens with one attached hydrogen (secondary N) is 2. The van der Waals surface area contributed by atoms with Crippen molar-refractivity contribution in [3.05, 3.63) is 41.5 Å². The van der Waals surface area contributed by atoms with Crippen molar-refractivity contribution in [1.82, 2.24) is 24.7 Å². The summed E-state index contributed by atoms with van der Waals surface area (Å²) in [6.07, 6.45) is 6.24.